The number of benzene rings is 2. The molecule has 0 radical (unpaired) electrons. The second-order valence-electron chi connectivity index (χ2n) is 6.00. The van der Waals surface area contributed by atoms with Crippen molar-refractivity contribution in [3.8, 4) is 0 Å². The molecule has 0 unspecified atom stereocenters. The average Bonchev–Trinajstić information content (AvgIpc) is 2.67. The molecule has 2 aromatic rings. The molecule has 7 heteroatoms. The van der Waals surface area contributed by atoms with Crippen LogP contribution in [-0.4, -0.2) is 47.3 Å². The zero-order valence-corrected chi connectivity index (χ0v) is 15.0. The van der Waals surface area contributed by atoms with Gasteiger partial charge in [0.05, 0.1) is 11.4 Å². The van der Waals surface area contributed by atoms with Gasteiger partial charge in [0.15, 0.2) is 0 Å². The van der Waals surface area contributed by atoms with Gasteiger partial charge >= 0.3 is 17.8 Å². The summed E-state index contributed by atoms with van der Waals surface area (Å²) in [6.45, 7) is 2.83. The standard InChI is InChI=1S/C19H17N3O3S/c1-2-20-11-12-21(18(24)17(20)23)19(25)22-13-7-3-5-9-15(13)26-16-10-6-4-8-14(16)22/h3-10H,2,11-12H2,1H3. The normalized spacial score (nSPS) is 16.4. The fraction of sp³-hybridized carbons (Fsp3) is 0.211. The number of para-hydroxylation sites is 2. The van der Waals surface area contributed by atoms with Gasteiger partial charge in [-0.1, -0.05) is 36.0 Å². The lowest BCUT2D eigenvalue weighted by molar-refractivity contribution is -0.153. The summed E-state index contributed by atoms with van der Waals surface area (Å²) in [7, 11) is 0. The second kappa shape index (κ2) is 6.49. The highest BCUT2D eigenvalue weighted by Crippen LogP contribution is 2.48. The molecular weight excluding hydrogens is 350 g/mol. The number of piperazine rings is 1. The molecule has 6 nitrogen and oxygen atoms in total. The van der Waals surface area contributed by atoms with E-state index < -0.39 is 17.8 Å². The van der Waals surface area contributed by atoms with E-state index in [4.69, 9.17) is 0 Å². The minimum Gasteiger partial charge on any atom is -0.333 e. The summed E-state index contributed by atoms with van der Waals surface area (Å²) in [6.07, 6.45) is 0. The highest BCUT2D eigenvalue weighted by atomic mass is 32.2. The molecule has 0 atom stereocenters. The number of nitrogens with zero attached hydrogens (tertiary/aromatic N) is 3. The van der Waals surface area contributed by atoms with Gasteiger partial charge in [0, 0.05) is 29.4 Å². The van der Waals surface area contributed by atoms with Crippen LogP contribution in [0, 0.1) is 0 Å². The van der Waals surface area contributed by atoms with Crippen LogP contribution < -0.4 is 4.90 Å². The monoisotopic (exact) mass is 367 g/mol. The van der Waals surface area contributed by atoms with E-state index in [1.807, 2.05) is 55.5 Å². The maximum Gasteiger partial charge on any atom is 0.336 e. The molecule has 132 valence electrons. The predicted octanol–water partition coefficient (Wildman–Crippen LogP) is 3.10. The zero-order valence-electron chi connectivity index (χ0n) is 14.2. The third-order valence-corrected chi connectivity index (χ3v) is 5.68. The van der Waals surface area contributed by atoms with E-state index in [1.54, 1.807) is 11.8 Å². The van der Waals surface area contributed by atoms with Crippen molar-refractivity contribution in [1.29, 1.82) is 0 Å². The highest BCUT2D eigenvalue weighted by Gasteiger charge is 2.40. The molecule has 2 aliphatic rings. The first kappa shape index (κ1) is 16.7. The SMILES string of the molecule is CCN1CCN(C(=O)N2c3ccccc3Sc3ccccc32)C(=O)C1=O. The van der Waals surface area contributed by atoms with Crippen LogP contribution in [0.5, 0.6) is 0 Å². The van der Waals surface area contributed by atoms with Crippen molar-refractivity contribution in [3.63, 3.8) is 0 Å². The molecule has 2 aromatic carbocycles. The molecule has 4 amide bonds. The Bertz CT molecular complexity index is 869. The maximum atomic E-state index is 13.3. The van der Waals surface area contributed by atoms with Gasteiger partial charge in [-0.3, -0.25) is 19.4 Å². The molecule has 0 N–H and O–H groups in total. The quantitative estimate of drug-likeness (QED) is 0.727. The molecule has 2 aliphatic heterocycles. The van der Waals surface area contributed by atoms with Crippen LogP contribution in [0.1, 0.15) is 6.92 Å². The summed E-state index contributed by atoms with van der Waals surface area (Å²) in [5, 5.41) is 0. The summed E-state index contributed by atoms with van der Waals surface area (Å²) < 4.78 is 0. The van der Waals surface area contributed by atoms with Crippen molar-refractivity contribution in [1.82, 2.24) is 9.80 Å². The summed E-state index contributed by atoms with van der Waals surface area (Å²) in [5.41, 5.74) is 1.44. The molecule has 2 heterocycles. The van der Waals surface area contributed by atoms with Crippen molar-refractivity contribution in [3.05, 3.63) is 48.5 Å². The highest BCUT2D eigenvalue weighted by molar-refractivity contribution is 7.99. The number of imide groups is 1. The minimum absolute atomic E-state index is 0.200. The van der Waals surface area contributed by atoms with Gasteiger partial charge in [-0.25, -0.2) is 4.79 Å². The maximum absolute atomic E-state index is 13.3. The van der Waals surface area contributed by atoms with Gasteiger partial charge in [-0.15, -0.1) is 0 Å². The van der Waals surface area contributed by atoms with Crippen LogP contribution in [-0.2, 0) is 9.59 Å². The molecule has 0 spiro atoms. The number of carbonyl (C=O) groups excluding carboxylic acids is 3. The lowest BCUT2D eigenvalue weighted by atomic mass is 10.2. The summed E-state index contributed by atoms with van der Waals surface area (Å²) in [4.78, 5) is 43.9. The molecule has 0 aliphatic carbocycles. The number of likely N-dealkylation sites (N-methyl/N-ethyl adjacent to an activating group) is 1. The Morgan fingerprint density at radius 3 is 2.08 bits per heavy atom. The third kappa shape index (κ3) is 2.55. The smallest absolute Gasteiger partial charge is 0.333 e. The molecule has 0 saturated carbocycles. The predicted molar refractivity (Wildman–Crippen MR) is 98.5 cm³/mol. The van der Waals surface area contributed by atoms with Gasteiger partial charge in [0.2, 0.25) is 0 Å². The van der Waals surface area contributed by atoms with Gasteiger partial charge in [-0.05, 0) is 31.2 Å². The van der Waals surface area contributed by atoms with Crippen molar-refractivity contribution < 1.29 is 14.4 Å². The van der Waals surface area contributed by atoms with E-state index in [-0.39, 0.29) is 6.54 Å². The molecule has 1 saturated heterocycles. The Balaban J connectivity index is 1.75. The van der Waals surface area contributed by atoms with Crippen LogP contribution in [0.2, 0.25) is 0 Å². The number of hydrogen-bond acceptors (Lipinski definition) is 4. The van der Waals surface area contributed by atoms with Crippen molar-refractivity contribution >= 4 is 41.0 Å². The van der Waals surface area contributed by atoms with E-state index in [2.05, 4.69) is 0 Å². The lowest BCUT2D eigenvalue weighted by Crippen LogP contribution is -2.58. The minimum atomic E-state index is -0.767. The fourth-order valence-electron chi connectivity index (χ4n) is 3.19. The Labute approximate surface area is 155 Å². The van der Waals surface area contributed by atoms with Gasteiger partial charge in [-0.2, -0.15) is 0 Å². The number of fused-ring (bicyclic) bond motifs is 2. The Morgan fingerprint density at radius 1 is 0.923 bits per heavy atom. The van der Waals surface area contributed by atoms with Crippen molar-refractivity contribution in [2.75, 3.05) is 24.5 Å². The van der Waals surface area contributed by atoms with Gasteiger partial charge in [0.25, 0.3) is 0 Å². The Morgan fingerprint density at radius 2 is 1.50 bits per heavy atom. The topological polar surface area (TPSA) is 60.9 Å². The number of anilines is 2. The Hall–Kier alpha value is -2.80. The van der Waals surface area contributed by atoms with E-state index in [1.165, 1.54) is 9.80 Å². The molecule has 0 aromatic heterocycles. The first-order valence-corrected chi connectivity index (χ1v) is 9.24. The van der Waals surface area contributed by atoms with Crippen molar-refractivity contribution in [2.24, 2.45) is 0 Å². The molecular formula is C19H17N3O3S. The Kier molecular flexibility index (Phi) is 4.16. The van der Waals surface area contributed by atoms with E-state index in [0.717, 1.165) is 26.1 Å². The van der Waals surface area contributed by atoms with E-state index in [0.29, 0.717) is 13.1 Å². The number of carbonyl (C=O) groups is 3. The first-order valence-electron chi connectivity index (χ1n) is 8.42. The fourth-order valence-corrected chi connectivity index (χ4v) is 4.25. The molecule has 1 fully saturated rings. The second-order valence-corrected chi connectivity index (χ2v) is 7.08. The number of amides is 4. The first-order chi connectivity index (χ1) is 12.6. The summed E-state index contributed by atoms with van der Waals surface area (Å²) >= 11 is 1.58. The van der Waals surface area contributed by atoms with E-state index in [9.17, 15) is 14.4 Å². The average molecular weight is 367 g/mol. The van der Waals surface area contributed by atoms with E-state index >= 15 is 0 Å². The zero-order chi connectivity index (χ0) is 18.3. The number of hydrogen-bond donors (Lipinski definition) is 0. The van der Waals surface area contributed by atoms with Gasteiger partial charge in [0.1, 0.15) is 0 Å². The van der Waals surface area contributed by atoms with Crippen LogP contribution in [0.25, 0.3) is 0 Å². The number of rotatable bonds is 1. The van der Waals surface area contributed by atoms with Crippen LogP contribution in [0.15, 0.2) is 58.3 Å². The van der Waals surface area contributed by atoms with Crippen LogP contribution in [0.3, 0.4) is 0 Å². The molecule has 4 rings (SSSR count). The summed E-state index contributed by atoms with van der Waals surface area (Å²) in [6, 6.07) is 14.6. The largest absolute Gasteiger partial charge is 0.336 e. The summed E-state index contributed by atoms with van der Waals surface area (Å²) in [5.74, 6) is -1.39. The lowest BCUT2D eigenvalue weighted by Gasteiger charge is -2.37. The van der Waals surface area contributed by atoms with Crippen LogP contribution >= 0.6 is 11.8 Å². The van der Waals surface area contributed by atoms with Crippen molar-refractivity contribution in [2.45, 2.75) is 16.7 Å². The molecule has 0 bridgehead atoms. The van der Waals surface area contributed by atoms with Crippen LogP contribution in [0.4, 0.5) is 16.2 Å². The molecule has 26 heavy (non-hydrogen) atoms. The van der Waals surface area contributed by atoms with Gasteiger partial charge < -0.3 is 4.90 Å². The number of urea groups is 1. The third-order valence-electron chi connectivity index (χ3n) is 4.54.